The number of benzene rings is 1. The van der Waals surface area contributed by atoms with Gasteiger partial charge < -0.3 is 20.6 Å². The maximum Gasteiger partial charge on any atom is 0.377 e. The average Bonchev–Trinajstić information content (AvgIpc) is 2.25. The third-order valence-electron chi connectivity index (χ3n) is 2.07. The molecule has 2 unspecified atom stereocenters. The highest BCUT2D eigenvalue weighted by atomic mass is 31.2. The van der Waals surface area contributed by atoms with Gasteiger partial charge in [-0.05, 0) is 31.0 Å². The van der Waals surface area contributed by atoms with Crippen LogP contribution in [0.2, 0.25) is 0 Å². The van der Waals surface area contributed by atoms with Crippen LogP contribution in [0.4, 0.5) is 0 Å². The fourth-order valence-electron chi connectivity index (χ4n) is 1.35. The smallest absolute Gasteiger partial charge is 0.377 e. The van der Waals surface area contributed by atoms with E-state index in [-0.39, 0.29) is 11.8 Å². The summed E-state index contributed by atoms with van der Waals surface area (Å²) in [6.07, 6.45) is -0.325. The molecule has 106 valence electrons. The SMILES string of the molecule is CC(N)Cc1ccc(OOP(=O)(O)CC(=O)O)cc1. The van der Waals surface area contributed by atoms with Gasteiger partial charge in [0, 0.05) is 6.04 Å². The average molecular weight is 289 g/mol. The van der Waals surface area contributed by atoms with Crippen LogP contribution in [-0.4, -0.2) is 28.2 Å². The van der Waals surface area contributed by atoms with Crippen molar-refractivity contribution in [1.82, 2.24) is 0 Å². The predicted octanol–water partition coefficient (Wildman–Crippen LogP) is 1.16. The van der Waals surface area contributed by atoms with Gasteiger partial charge in [-0.3, -0.25) is 9.36 Å². The fourth-order valence-corrected chi connectivity index (χ4v) is 1.95. The summed E-state index contributed by atoms with van der Waals surface area (Å²) >= 11 is 0. The minimum atomic E-state index is -4.29. The number of carboxylic acids is 1. The lowest BCUT2D eigenvalue weighted by atomic mass is 10.1. The Hall–Kier alpha value is -1.40. The van der Waals surface area contributed by atoms with Gasteiger partial charge in [-0.1, -0.05) is 16.8 Å². The molecule has 7 nitrogen and oxygen atoms in total. The molecule has 8 heteroatoms. The Labute approximate surface area is 110 Å². The second-order valence-electron chi connectivity index (χ2n) is 4.17. The topological polar surface area (TPSA) is 119 Å². The van der Waals surface area contributed by atoms with Crippen molar-refractivity contribution in [2.75, 3.05) is 6.16 Å². The Balaban J connectivity index is 2.54. The van der Waals surface area contributed by atoms with Gasteiger partial charge in [0.05, 0.1) is 0 Å². The van der Waals surface area contributed by atoms with Crippen LogP contribution in [0.5, 0.6) is 5.75 Å². The third kappa shape index (κ3) is 6.35. The zero-order valence-electron chi connectivity index (χ0n) is 10.4. The van der Waals surface area contributed by atoms with E-state index in [4.69, 9.17) is 15.7 Å². The molecule has 0 fully saturated rings. The number of aliphatic carboxylic acids is 1. The van der Waals surface area contributed by atoms with Gasteiger partial charge in [0.2, 0.25) is 0 Å². The molecule has 0 saturated heterocycles. The van der Waals surface area contributed by atoms with Gasteiger partial charge in [-0.15, -0.1) is 0 Å². The van der Waals surface area contributed by atoms with Gasteiger partial charge in [-0.2, -0.15) is 0 Å². The molecular weight excluding hydrogens is 273 g/mol. The van der Waals surface area contributed by atoms with Crippen LogP contribution in [0.3, 0.4) is 0 Å². The van der Waals surface area contributed by atoms with Gasteiger partial charge in [0.1, 0.15) is 0 Å². The summed E-state index contributed by atoms with van der Waals surface area (Å²) in [4.78, 5) is 24.0. The van der Waals surface area contributed by atoms with Crippen molar-refractivity contribution in [1.29, 1.82) is 0 Å². The van der Waals surface area contributed by atoms with Crippen LogP contribution in [-0.2, 0) is 20.5 Å². The first-order valence-electron chi connectivity index (χ1n) is 5.53. The summed E-state index contributed by atoms with van der Waals surface area (Å²) in [5.41, 5.74) is 6.63. The summed E-state index contributed by atoms with van der Waals surface area (Å²) in [7, 11) is -4.29. The van der Waals surface area contributed by atoms with Crippen molar-refractivity contribution in [2.24, 2.45) is 5.73 Å². The first-order chi connectivity index (χ1) is 8.78. The molecule has 0 saturated carbocycles. The molecule has 0 aliphatic heterocycles. The van der Waals surface area contributed by atoms with Crippen molar-refractivity contribution in [2.45, 2.75) is 19.4 Å². The number of carboxylic acid groups (broad SMARTS) is 1. The quantitative estimate of drug-likeness (QED) is 0.391. The van der Waals surface area contributed by atoms with E-state index in [0.29, 0.717) is 6.42 Å². The number of rotatable bonds is 7. The summed E-state index contributed by atoms with van der Waals surface area (Å²) < 4.78 is 15.5. The number of nitrogens with two attached hydrogens (primary N) is 1. The van der Waals surface area contributed by atoms with E-state index in [1.807, 2.05) is 6.92 Å². The Morgan fingerprint density at radius 3 is 2.47 bits per heavy atom. The molecule has 2 atom stereocenters. The van der Waals surface area contributed by atoms with Crippen molar-refractivity contribution in [3.05, 3.63) is 29.8 Å². The van der Waals surface area contributed by atoms with Gasteiger partial charge in [0.15, 0.2) is 11.9 Å². The van der Waals surface area contributed by atoms with Crippen LogP contribution in [0.25, 0.3) is 0 Å². The molecule has 1 rings (SSSR count). The van der Waals surface area contributed by atoms with Crippen molar-refractivity contribution < 1.29 is 28.9 Å². The van der Waals surface area contributed by atoms with E-state index in [0.717, 1.165) is 5.56 Å². The molecule has 0 bridgehead atoms. The Morgan fingerprint density at radius 2 is 2.00 bits per heavy atom. The van der Waals surface area contributed by atoms with E-state index >= 15 is 0 Å². The highest BCUT2D eigenvalue weighted by molar-refractivity contribution is 7.53. The minimum Gasteiger partial charge on any atom is -0.481 e. The number of hydrogen-bond donors (Lipinski definition) is 3. The summed E-state index contributed by atoms with van der Waals surface area (Å²) in [5, 5.41) is 8.39. The maximum atomic E-state index is 11.2. The highest BCUT2D eigenvalue weighted by Gasteiger charge is 2.26. The van der Waals surface area contributed by atoms with Gasteiger partial charge >= 0.3 is 13.6 Å². The molecule has 0 aliphatic carbocycles. The van der Waals surface area contributed by atoms with Crippen molar-refractivity contribution >= 4 is 13.6 Å². The molecular formula is C11H16NO6P. The monoisotopic (exact) mass is 289 g/mol. The molecule has 4 N–H and O–H groups in total. The van der Waals surface area contributed by atoms with E-state index in [2.05, 4.69) is 9.56 Å². The first kappa shape index (κ1) is 15.7. The normalized spacial score (nSPS) is 15.5. The van der Waals surface area contributed by atoms with E-state index in [1.54, 1.807) is 24.3 Å². The standard InChI is InChI=1S/C11H16NO6P/c1-8(12)6-9-2-4-10(5-3-9)17-18-19(15,16)7-11(13)14/h2-5,8H,6-7,12H2,1H3,(H,13,14)(H,15,16). The summed E-state index contributed by atoms with van der Waals surface area (Å²) in [5.74, 6) is -1.24. The van der Waals surface area contributed by atoms with Crippen LogP contribution >= 0.6 is 7.60 Å². The van der Waals surface area contributed by atoms with E-state index < -0.39 is 19.7 Å². The molecule has 0 amide bonds. The van der Waals surface area contributed by atoms with Gasteiger partial charge in [-0.25, -0.2) is 0 Å². The second kappa shape index (κ2) is 6.68. The lowest BCUT2D eigenvalue weighted by Gasteiger charge is -2.10. The van der Waals surface area contributed by atoms with Crippen molar-refractivity contribution in [3.8, 4) is 5.75 Å². The maximum absolute atomic E-state index is 11.2. The second-order valence-corrected chi connectivity index (χ2v) is 5.91. The molecule has 0 aromatic heterocycles. The molecule has 0 spiro atoms. The van der Waals surface area contributed by atoms with E-state index in [1.165, 1.54) is 0 Å². The molecule has 0 radical (unpaired) electrons. The largest absolute Gasteiger partial charge is 0.481 e. The lowest BCUT2D eigenvalue weighted by molar-refractivity contribution is -0.136. The molecule has 19 heavy (non-hydrogen) atoms. The molecule has 0 aliphatic rings. The summed E-state index contributed by atoms with van der Waals surface area (Å²) in [6.45, 7) is 1.88. The van der Waals surface area contributed by atoms with Crippen LogP contribution in [0, 0.1) is 0 Å². The van der Waals surface area contributed by atoms with Crippen molar-refractivity contribution in [3.63, 3.8) is 0 Å². The molecule has 0 heterocycles. The third-order valence-corrected chi connectivity index (χ3v) is 3.04. The Bertz CT molecular complexity index is 473. The minimum absolute atomic E-state index is 0.0243. The highest BCUT2D eigenvalue weighted by Crippen LogP contribution is 2.41. The predicted molar refractivity (Wildman–Crippen MR) is 67.8 cm³/mol. The molecule has 1 aromatic carbocycles. The Kier molecular flexibility index (Phi) is 5.50. The van der Waals surface area contributed by atoms with E-state index in [9.17, 15) is 9.36 Å². The first-order valence-corrected chi connectivity index (χ1v) is 7.29. The lowest BCUT2D eigenvalue weighted by Crippen LogP contribution is -2.17. The zero-order chi connectivity index (χ0) is 14.5. The zero-order valence-corrected chi connectivity index (χ0v) is 11.2. The summed E-state index contributed by atoms with van der Waals surface area (Å²) in [6, 6.07) is 6.58. The molecule has 1 aromatic rings. The fraction of sp³-hybridized carbons (Fsp3) is 0.364. The van der Waals surface area contributed by atoms with Crippen LogP contribution in [0.15, 0.2) is 24.3 Å². The van der Waals surface area contributed by atoms with Crippen LogP contribution in [0.1, 0.15) is 12.5 Å². The Morgan fingerprint density at radius 1 is 1.42 bits per heavy atom. The van der Waals surface area contributed by atoms with Crippen LogP contribution < -0.4 is 10.6 Å². The number of hydrogen-bond acceptors (Lipinski definition) is 5. The van der Waals surface area contributed by atoms with Gasteiger partial charge in [0.25, 0.3) is 0 Å². The number of carbonyl (C=O) groups is 1.